The van der Waals surface area contributed by atoms with Crippen LogP contribution in [0.4, 0.5) is 0 Å². The number of ether oxygens (including phenoxy) is 1. The largest absolute Gasteiger partial charge is 0.379 e. The lowest BCUT2D eigenvalue weighted by molar-refractivity contribution is 0.0203. The zero-order valence-corrected chi connectivity index (χ0v) is 10.8. The van der Waals surface area contributed by atoms with Gasteiger partial charge in [0.05, 0.1) is 18.9 Å². The molecule has 2 heterocycles. The Morgan fingerprint density at radius 2 is 2.28 bits per heavy atom. The monoisotopic (exact) mass is 253 g/mol. The van der Waals surface area contributed by atoms with E-state index in [2.05, 4.69) is 22.3 Å². The Bertz CT molecular complexity index is 399. The summed E-state index contributed by atoms with van der Waals surface area (Å²) in [5.41, 5.74) is 0.710. The summed E-state index contributed by atoms with van der Waals surface area (Å²) >= 11 is 0. The van der Waals surface area contributed by atoms with Crippen LogP contribution in [0.3, 0.4) is 0 Å². The number of hydrogen-bond donors (Lipinski definition) is 1. The minimum atomic E-state index is -0.212. The van der Waals surface area contributed by atoms with Crippen molar-refractivity contribution in [3.05, 3.63) is 17.5 Å². The van der Waals surface area contributed by atoms with Gasteiger partial charge in [0.15, 0.2) is 0 Å². The molecular formula is C12H19N3O3. The molecule has 0 unspecified atom stereocenters. The smallest absolute Gasteiger partial charge is 0.289 e. The summed E-state index contributed by atoms with van der Waals surface area (Å²) in [6.45, 7) is 7.84. The lowest BCUT2D eigenvalue weighted by atomic mass is 10.2. The van der Waals surface area contributed by atoms with Gasteiger partial charge in [-0.15, -0.1) is 0 Å². The molecule has 2 rings (SSSR count). The van der Waals surface area contributed by atoms with E-state index < -0.39 is 0 Å². The molecule has 1 atom stereocenters. The van der Waals surface area contributed by atoms with Crippen molar-refractivity contribution in [2.45, 2.75) is 19.9 Å². The van der Waals surface area contributed by atoms with E-state index in [1.807, 2.05) is 0 Å². The van der Waals surface area contributed by atoms with Crippen molar-refractivity contribution in [2.24, 2.45) is 0 Å². The van der Waals surface area contributed by atoms with E-state index in [4.69, 9.17) is 9.26 Å². The Kier molecular flexibility index (Phi) is 4.33. The van der Waals surface area contributed by atoms with Crippen LogP contribution < -0.4 is 5.32 Å². The minimum absolute atomic E-state index is 0.212. The number of aromatic nitrogens is 1. The molecule has 0 spiro atoms. The summed E-state index contributed by atoms with van der Waals surface area (Å²) in [7, 11) is 0. The van der Waals surface area contributed by atoms with Crippen LogP contribution in [0.5, 0.6) is 0 Å². The van der Waals surface area contributed by atoms with Crippen molar-refractivity contribution >= 4 is 5.91 Å². The van der Waals surface area contributed by atoms with Gasteiger partial charge in [-0.05, 0) is 13.8 Å². The molecule has 0 radical (unpaired) electrons. The van der Waals surface area contributed by atoms with Gasteiger partial charge in [0, 0.05) is 31.7 Å². The Labute approximate surface area is 106 Å². The third-order valence-electron chi connectivity index (χ3n) is 3.08. The van der Waals surface area contributed by atoms with Gasteiger partial charge in [-0.2, -0.15) is 0 Å². The molecule has 0 bridgehead atoms. The second kappa shape index (κ2) is 5.97. The highest BCUT2D eigenvalue weighted by Gasteiger charge is 2.18. The van der Waals surface area contributed by atoms with Gasteiger partial charge in [-0.25, -0.2) is 0 Å². The molecule has 0 aliphatic carbocycles. The van der Waals surface area contributed by atoms with E-state index in [1.54, 1.807) is 13.0 Å². The first-order valence-corrected chi connectivity index (χ1v) is 6.20. The van der Waals surface area contributed by atoms with Gasteiger partial charge < -0.3 is 14.6 Å². The number of nitrogens with one attached hydrogen (secondary N) is 1. The van der Waals surface area contributed by atoms with Gasteiger partial charge >= 0.3 is 0 Å². The van der Waals surface area contributed by atoms with Gasteiger partial charge in [0.1, 0.15) is 0 Å². The van der Waals surface area contributed by atoms with Crippen molar-refractivity contribution in [1.82, 2.24) is 15.4 Å². The number of hydrogen-bond acceptors (Lipinski definition) is 5. The van der Waals surface area contributed by atoms with Crippen LogP contribution in [0.25, 0.3) is 0 Å². The van der Waals surface area contributed by atoms with E-state index in [1.165, 1.54) is 0 Å². The van der Waals surface area contributed by atoms with E-state index in [0.29, 0.717) is 18.3 Å². The third kappa shape index (κ3) is 3.30. The highest BCUT2D eigenvalue weighted by Crippen LogP contribution is 2.04. The van der Waals surface area contributed by atoms with E-state index in [9.17, 15) is 4.79 Å². The highest BCUT2D eigenvalue weighted by atomic mass is 16.5. The average Bonchev–Trinajstić information content (AvgIpc) is 2.83. The number of carbonyl (C=O) groups is 1. The quantitative estimate of drug-likeness (QED) is 0.843. The van der Waals surface area contributed by atoms with Crippen LogP contribution in [0.1, 0.15) is 23.2 Å². The predicted octanol–water partition coefficient (Wildman–Crippen LogP) is 0.434. The Hall–Kier alpha value is -1.40. The van der Waals surface area contributed by atoms with Crippen LogP contribution in [0.2, 0.25) is 0 Å². The summed E-state index contributed by atoms with van der Waals surface area (Å²) < 4.78 is 10.2. The Morgan fingerprint density at radius 3 is 2.89 bits per heavy atom. The third-order valence-corrected chi connectivity index (χ3v) is 3.08. The van der Waals surface area contributed by atoms with Crippen LogP contribution in [-0.2, 0) is 4.74 Å². The fraction of sp³-hybridized carbons (Fsp3) is 0.667. The SMILES string of the molecule is Cc1cc(C(=O)NC[C@H](C)N2CCOCC2)on1. The fourth-order valence-corrected chi connectivity index (χ4v) is 1.95. The molecular weight excluding hydrogens is 234 g/mol. The number of aryl methyl sites for hydroxylation is 1. The molecule has 1 amide bonds. The molecule has 0 saturated carbocycles. The van der Waals surface area contributed by atoms with Crippen LogP contribution in [0, 0.1) is 6.92 Å². The maximum absolute atomic E-state index is 11.8. The molecule has 1 fully saturated rings. The molecule has 1 saturated heterocycles. The van der Waals surface area contributed by atoms with E-state index in [-0.39, 0.29) is 11.7 Å². The first-order chi connectivity index (χ1) is 8.66. The topological polar surface area (TPSA) is 67.6 Å². The normalized spacial score (nSPS) is 18.6. The summed E-state index contributed by atoms with van der Waals surface area (Å²) in [5.74, 6) is 0.0531. The van der Waals surface area contributed by atoms with Crippen LogP contribution in [-0.4, -0.2) is 54.9 Å². The zero-order valence-electron chi connectivity index (χ0n) is 10.8. The van der Waals surface area contributed by atoms with Crippen LogP contribution in [0.15, 0.2) is 10.6 Å². The Morgan fingerprint density at radius 1 is 1.56 bits per heavy atom. The summed E-state index contributed by atoms with van der Waals surface area (Å²) in [5, 5.41) is 6.55. The number of rotatable bonds is 4. The molecule has 6 heteroatoms. The summed E-state index contributed by atoms with van der Waals surface area (Å²) in [4.78, 5) is 14.1. The molecule has 1 aliphatic heterocycles. The summed E-state index contributed by atoms with van der Waals surface area (Å²) in [6, 6.07) is 1.93. The standard InChI is InChI=1S/C12H19N3O3/c1-9-7-11(18-14-9)12(16)13-8-10(2)15-3-5-17-6-4-15/h7,10H,3-6,8H2,1-2H3,(H,13,16)/t10-/m0/s1. The lowest BCUT2D eigenvalue weighted by Crippen LogP contribution is -2.47. The number of amides is 1. The van der Waals surface area contributed by atoms with E-state index >= 15 is 0 Å². The van der Waals surface area contributed by atoms with Crippen molar-refractivity contribution < 1.29 is 14.1 Å². The highest BCUT2D eigenvalue weighted by molar-refractivity contribution is 5.91. The molecule has 6 nitrogen and oxygen atoms in total. The molecule has 18 heavy (non-hydrogen) atoms. The van der Waals surface area contributed by atoms with E-state index in [0.717, 1.165) is 26.3 Å². The maximum atomic E-state index is 11.8. The van der Waals surface area contributed by atoms with Crippen molar-refractivity contribution in [3.63, 3.8) is 0 Å². The average molecular weight is 253 g/mol. The molecule has 1 aromatic heterocycles. The first-order valence-electron chi connectivity index (χ1n) is 6.20. The van der Waals surface area contributed by atoms with Crippen LogP contribution >= 0.6 is 0 Å². The van der Waals surface area contributed by atoms with Gasteiger partial charge in [0.2, 0.25) is 5.76 Å². The first kappa shape index (κ1) is 13.0. The maximum Gasteiger partial charge on any atom is 0.289 e. The number of carbonyl (C=O) groups excluding carboxylic acids is 1. The van der Waals surface area contributed by atoms with Gasteiger partial charge in [-0.3, -0.25) is 9.69 Å². The van der Waals surface area contributed by atoms with Crippen molar-refractivity contribution in [3.8, 4) is 0 Å². The minimum Gasteiger partial charge on any atom is -0.379 e. The molecule has 1 N–H and O–H groups in total. The van der Waals surface area contributed by atoms with Gasteiger partial charge in [-0.1, -0.05) is 5.16 Å². The summed E-state index contributed by atoms with van der Waals surface area (Å²) in [6.07, 6.45) is 0. The molecule has 1 aromatic rings. The number of nitrogens with zero attached hydrogens (tertiary/aromatic N) is 2. The second-order valence-corrected chi connectivity index (χ2v) is 4.54. The fourth-order valence-electron chi connectivity index (χ4n) is 1.95. The molecule has 100 valence electrons. The Balaban J connectivity index is 1.78. The zero-order chi connectivity index (χ0) is 13.0. The van der Waals surface area contributed by atoms with Crippen molar-refractivity contribution in [1.29, 1.82) is 0 Å². The molecule has 1 aliphatic rings. The predicted molar refractivity (Wildman–Crippen MR) is 65.4 cm³/mol. The van der Waals surface area contributed by atoms with Crippen molar-refractivity contribution in [2.75, 3.05) is 32.8 Å². The lowest BCUT2D eigenvalue weighted by Gasteiger charge is -2.32. The molecule has 0 aromatic carbocycles. The number of morpholine rings is 1. The second-order valence-electron chi connectivity index (χ2n) is 4.54. The van der Waals surface area contributed by atoms with Gasteiger partial charge in [0.25, 0.3) is 5.91 Å².